The zero-order valence-corrected chi connectivity index (χ0v) is 22.2. The normalized spacial score (nSPS) is 23.3. The second kappa shape index (κ2) is 8.06. The van der Waals surface area contributed by atoms with Crippen LogP contribution in [0.2, 0.25) is 36.3 Å². The highest BCUT2D eigenvalue weighted by Crippen LogP contribution is 2.43. The summed E-state index contributed by atoms with van der Waals surface area (Å²) in [5, 5.41) is 0.425. The lowest BCUT2D eigenvalue weighted by Gasteiger charge is -2.43. The Labute approximate surface area is 171 Å². The van der Waals surface area contributed by atoms with Crippen LogP contribution in [0.3, 0.4) is 0 Å². The van der Waals surface area contributed by atoms with E-state index in [2.05, 4.69) is 88.2 Å². The van der Waals surface area contributed by atoms with Crippen molar-refractivity contribution in [3.05, 3.63) is 12.7 Å². The van der Waals surface area contributed by atoms with Crippen LogP contribution in [-0.4, -0.2) is 41.6 Å². The van der Waals surface area contributed by atoms with Gasteiger partial charge >= 0.3 is 0 Å². The van der Waals surface area contributed by atoms with Crippen LogP contribution in [0.1, 0.15) is 61.8 Å². The van der Waals surface area contributed by atoms with Crippen LogP contribution in [-0.2, 0) is 13.6 Å². The van der Waals surface area contributed by atoms with Gasteiger partial charge < -0.3 is 13.6 Å². The minimum Gasteiger partial charge on any atom is -0.414 e. The van der Waals surface area contributed by atoms with Crippen LogP contribution in [0.4, 0.5) is 0 Å². The van der Waals surface area contributed by atoms with Crippen molar-refractivity contribution in [3.8, 4) is 0 Å². The van der Waals surface area contributed by atoms with Crippen LogP contribution in [0, 0.1) is 5.41 Å². The summed E-state index contributed by atoms with van der Waals surface area (Å²) in [6, 6.07) is 0. The van der Waals surface area contributed by atoms with Gasteiger partial charge in [-0.1, -0.05) is 61.5 Å². The molecular weight excluding hydrogens is 368 g/mol. The summed E-state index contributed by atoms with van der Waals surface area (Å²) in [5.74, 6) is 0. The maximum absolute atomic E-state index is 6.81. The molecule has 27 heavy (non-hydrogen) atoms. The molecule has 1 rings (SSSR count). The Morgan fingerprint density at radius 1 is 0.889 bits per heavy atom. The molecule has 0 unspecified atom stereocenters. The molecule has 0 aromatic carbocycles. The maximum Gasteiger partial charge on any atom is 0.192 e. The lowest BCUT2D eigenvalue weighted by atomic mass is 9.84. The number of hydrogen-bond donors (Lipinski definition) is 0. The lowest BCUT2D eigenvalue weighted by molar-refractivity contribution is 0.0761. The van der Waals surface area contributed by atoms with Crippen molar-refractivity contribution in [2.45, 2.75) is 116 Å². The van der Waals surface area contributed by atoms with Gasteiger partial charge in [0.2, 0.25) is 0 Å². The molecule has 0 aliphatic carbocycles. The van der Waals surface area contributed by atoms with Gasteiger partial charge in [0.1, 0.15) is 6.10 Å². The molecule has 0 radical (unpaired) electrons. The van der Waals surface area contributed by atoms with Crippen molar-refractivity contribution in [2.75, 3.05) is 6.61 Å². The highest BCUT2D eigenvalue weighted by atomic mass is 28.4. The minimum atomic E-state index is -1.86. The largest absolute Gasteiger partial charge is 0.414 e. The van der Waals surface area contributed by atoms with Crippen LogP contribution in [0.15, 0.2) is 12.7 Å². The molecule has 0 aromatic heterocycles. The molecule has 0 aromatic rings. The third-order valence-corrected chi connectivity index (χ3v) is 16.1. The Bertz CT molecular complexity index is 513. The third kappa shape index (κ3) is 6.53. The number of ether oxygens (including phenoxy) is 1. The summed E-state index contributed by atoms with van der Waals surface area (Å²) in [5.41, 5.74) is -0.0771. The quantitative estimate of drug-likeness (QED) is 0.237. The zero-order valence-electron chi connectivity index (χ0n) is 20.2. The Hall–Kier alpha value is 0.0538. The molecule has 3 nitrogen and oxygen atoms in total. The van der Waals surface area contributed by atoms with E-state index in [-0.39, 0.29) is 33.8 Å². The minimum absolute atomic E-state index is 0.0771. The van der Waals surface area contributed by atoms with Gasteiger partial charge in [-0.25, -0.2) is 0 Å². The van der Waals surface area contributed by atoms with E-state index in [4.69, 9.17) is 13.6 Å². The summed E-state index contributed by atoms with van der Waals surface area (Å²) in [4.78, 5) is 0. The summed E-state index contributed by atoms with van der Waals surface area (Å²) >= 11 is 0. The van der Waals surface area contributed by atoms with E-state index in [1.807, 2.05) is 6.08 Å². The van der Waals surface area contributed by atoms with Crippen LogP contribution < -0.4 is 0 Å². The van der Waals surface area contributed by atoms with Gasteiger partial charge in [-0.05, 0) is 36.3 Å². The first-order valence-electron chi connectivity index (χ1n) is 10.4. The first kappa shape index (κ1) is 25.1. The standard InChI is InChI=1S/C22H46O3Si2/c1-14-22(8,9)19(25-27(12,13)21(5,6)7)15-17-18(24-17)16-23-26(10,11)20(2,3)4/h14,17-19H,1,15-16H2,2-13H3/t17-,18-,19-/m1/s1. The van der Waals surface area contributed by atoms with Crippen molar-refractivity contribution < 1.29 is 13.6 Å². The second-order valence-corrected chi connectivity index (χ2v) is 21.5. The number of rotatable bonds is 9. The average molecular weight is 415 g/mol. The molecular formula is C22H46O3Si2. The maximum atomic E-state index is 6.81. The fourth-order valence-corrected chi connectivity index (χ4v) is 4.90. The highest BCUT2D eigenvalue weighted by molar-refractivity contribution is 6.74. The molecule has 1 saturated heterocycles. The molecule has 1 aliphatic heterocycles. The van der Waals surface area contributed by atoms with Crippen molar-refractivity contribution in [1.82, 2.24) is 0 Å². The van der Waals surface area contributed by atoms with Crippen molar-refractivity contribution in [3.63, 3.8) is 0 Å². The van der Waals surface area contributed by atoms with Crippen LogP contribution in [0.25, 0.3) is 0 Å². The number of hydrogen-bond acceptors (Lipinski definition) is 3. The highest BCUT2D eigenvalue weighted by Gasteiger charge is 2.48. The molecule has 0 spiro atoms. The molecule has 0 amide bonds. The van der Waals surface area contributed by atoms with Gasteiger partial charge in [0.05, 0.1) is 18.8 Å². The molecule has 0 N–H and O–H groups in total. The van der Waals surface area contributed by atoms with Gasteiger partial charge in [-0.15, -0.1) is 6.58 Å². The van der Waals surface area contributed by atoms with E-state index >= 15 is 0 Å². The lowest BCUT2D eigenvalue weighted by Crippen LogP contribution is -2.48. The Kier molecular flexibility index (Phi) is 7.49. The number of epoxide rings is 1. The predicted octanol–water partition coefficient (Wildman–Crippen LogP) is 6.77. The molecule has 1 fully saturated rings. The van der Waals surface area contributed by atoms with Crippen molar-refractivity contribution >= 4 is 16.6 Å². The van der Waals surface area contributed by atoms with E-state index in [0.717, 1.165) is 6.42 Å². The second-order valence-electron chi connectivity index (χ2n) is 11.9. The van der Waals surface area contributed by atoms with Gasteiger partial charge in [-0.3, -0.25) is 0 Å². The summed E-state index contributed by atoms with van der Waals surface area (Å²) < 4.78 is 19.2. The van der Waals surface area contributed by atoms with Gasteiger partial charge in [-0.2, -0.15) is 0 Å². The predicted molar refractivity (Wildman–Crippen MR) is 122 cm³/mol. The first-order valence-corrected chi connectivity index (χ1v) is 16.3. The van der Waals surface area contributed by atoms with Crippen LogP contribution >= 0.6 is 0 Å². The third-order valence-electron chi connectivity index (χ3n) is 7.15. The average Bonchev–Trinajstić information content (AvgIpc) is 3.20. The van der Waals surface area contributed by atoms with Crippen molar-refractivity contribution in [2.24, 2.45) is 5.41 Å². The smallest absolute Gasteiger partial charge is 0.192 e. The van der Waals surface area contributed by atoms with Gasteiger partial charge in [0.15, 0.2) is 16.6 Å². The molecule has 1 heterocycles. The van der Waals surface area contributed by atoms with E-state index in [1.54, 1.807) is 0 Å². The zero-order chi connectivity index (χ0) is 21.5. The molecule has 1 aliphatic rings. The summed E-state index contributed by atoms with van der Waals surface area (Å²) in [6.45, 7) is 32.2. The fourth-order valence-electron chi connectivity index (χ4n) is 2.42. The van der Waals surface area contributed by atoms with Gasteiger partial charge in [0.25, 0.3) is 0 Å². The van der Waals surface area contributed by atoms with E-state index in [1.165, 1.54) is 0 Å². The summed E-state index contributed by atoms with van der Waals surface area (Å²) in [7, 11) is -3.58. The van der Waals surface area contributed by atoms with E-state index in [0.29, 0.717) is 6.61 Å². The Morgan fingerprint density at radius 3 is 1.78 bits per heavy atom. The Morgan fingerprint density at radius 2 is 1.37 bits per heavy atom. The van der Waals surface area contributed by atoms with Crippen LogP contribution in [0.5, 0.6) is 0 Å². The fraction of sp³-hybridized carbons (Fsp3) is 0.909. The summed E-state index contributed by atoms with van der Waals surface area (Å²) in [6.07, 6.45) is 3.53. The molecule has 160 valence electrons. The molecule has 0 saturated carbocycles. The molecule has 3 atom stereocenters. The monoisotopic (exact) mass is 414 g/mol. The first-order chi connectivity index (χ1) is 11.8. The van der Waals surface area contributed by atoms with Crippen molar-refractivity contribution in [1.29, 1.82) is 0 Å². The molecule has 5 heteroatoms. The SMILES string of the molecule is C=CC(C)(C)[C@@H](C[C@H]1O[C@@H]1CO[Si](C)(C)C(C)(C)C)O[Si](C)(C)C(C)(C)C. The van der Waals surface area contributed by atoms with E-state index in [9.17, 15) is 0 Å². The Balaban J connectivity index is 2.74. The van der Waals surface area contributed by atoms with E-state index < -0.39 is 16.6 Å². The topological polar surface area (TPSA) is 31.0 Å². The molecule has 0 bridgehead atoms. The van der Waals surface area contributed by atoms with Gasteiger partial charge in [0, 0.05) is 11.8 Å².